The second-order valence-electron chi connectivity index (χ2n) is 9.01. The highest BCUT2D eigenvalue weighted by molar-refractivity contribution is 5.74. The molecule has 6 rings (SSSR count). The summed E-state index contributed by atoms with van der Waals surface area (Å²) in [6, 6.07) is 9.23. The first-order valence-electron chi connectivity index (χ1n) is 10.7. The number of rotatable bonds is 3. The number of nitrogens with zero attached hydrogens (tertiary/aromatic N) is 2. The Kier molecular flexibility index (Phi) is 4.72. The fourth-order valence-electron chi connectivity index (χ4n) is 5.96. The van der Waals surface area contributed by atoms with Crippen LogP contribution in [0.25, 0.3) is 0 Å². The Morgan fingerprint density at radius 1 is 0.963 bits per heavy atom. The van der Waals surface area contributed by atoms with Gasteiger partial charge in [-0.25, -0.2) is 4.79 Å². The van der Waals surface area contributed by atoms with Crippen molar-refractivity contribution < 1.29 is 9.53 Å². The number of morpholine rings is 1. The molecule has 5 aliphatic rings. The van der Waals surface area contributed by atoms with Crippen molar-refractivity contribution in [2.45, 2.75) is 44.7 Å². The number of carbonyl (C=O) groups excluding carboxylic acids is 1. The van der Waals surface area contributed by atoms with Crippen LogP contribution in [0.3, 0.4) is 0 Å². The summed E-state index contributed by atoms with van der Waals surface area (Å²) >= 11 is 0. The van der Waals surface area contributed by atoms with E-state index in [1.165, 1.54) is 43.4 Å². The Labute approximate surface area is 162 Å². The fourth-order valence-corrected chi connectivity index (χ4v) is 5.96. The lowest BCUT2D eigenvalue weighted by Crippen LogP contribution is -2.47. The summed E-state index contributed by atoms with van der Waals surface area (Å²) < 4.78 is 5.42. The summed E-state index contributed by atoms with van der Waals surface area (Å²) in [5, 5.41) is 3.19. The van der Waals surface area contributed by atoms with E-state index in [2.05, 4.69) is 39.4 Å². The summed E-state index contributed by atoms with van der Waals surface area (Å²) in [6.07, 6.45) is 6.57. The topological polar surface area (TPSA) is 44.8 Å². The molecule has 1 aromatic rings. The third-order valence-corrected chi connectivity index (χ3v) is 7.12. The maximum Gasteiger partial charge on any atom is 0.317 e. The quantitative estimate of drug-likeness (QED) is 0.890. The van der Waals surface area contributed by atoms with Crippen molar-refractivity contribution in [3.05, 3.63) is 29.8 Å². The molecule has 2 atom stereocenters. The van der Waals surface area contributed by atoms with Gasteiger partial charge in [0.2, 0.25) is 0 Å². The monoisotopic (exact) mass is 369 g/mol. The van der Waals surface area contributed by atoms with Gasteiger partial charge in [0, 0.05) is 37.9 Å². The van der Waals surface area contributed by atoms with Gasteiger partial charge >= 0.3 is 6.03 Å². The van der Waals surface area contributed by atoms with Gasteiger partial charge in [-0.3, -0.25) is 0 Å². The van der Waals surface area contributed by atoms with Crippen molar-refractivity contribution in [1.29, 1.82) is 0 Å². The zero-order valence-electron chi connectivity index (χ0n) is 16.1. The largest absolute Gasteiger partial charge is 0.378 e. The van der Waals surface area contributed by atoms with E-state index in [1.807, 2.05) is 0 Å². The van der Waals surface area contributed by atoms with Crippen LogP contribution in [0, 0.1) is 17.8 Å². The van der Waals surface area contributed by atoms with Gasteiger partial charge < -0.3 is 19.9 Å². The van der Waals surface area contributed by atoms with Crippen molar-refractivity contribution in [3.8, 4) is 0 Å². The van der Waals surface area contributed by atoms with Crippen molar-refractivity contribution >= 4 is 11.7 Å². The van der Waals surface area contributed by atoms with E-state index in [9.17, 15) is 4.79 Å². The van der Waals surface area contributed by atoms with Gasteiger partial charge in [0.1, 0.15) is 0 Å². The summed E-state index contributed by atoms with van der Waals surface area (Å²) in [5.41, 5.74) is 2.41. The molecule has 0 aromatic heterocycles. The van der Waals surface area contributed by atoms with E-state index in [0.717, 1.165) is 50.6 Å². The normalized spacial score (nSPS) is 32.4. The van der Waals surface area contributed by atoms with Crippen LogP contribution in [0.15, 0.2) is 24.3 Å². The predicted octanol–water partition coefficient (Wildman–Crippen LogP) is 3.24. The Morgan fingerprint density at radius 3 is 2.33 bits per heavy atom. The molecule has 0 radical (unpaired) electrons. The first kappa shape index (κ1) is 17.4. The first-order chi connectivity index (χ1) is 13.2. The molecule has 2 amide bonds. The second kappa shape index (κ2) is 7.34. The van der Waals surface area contributed by atoms with Gasteiger partial charge in [-0.15, -0.1) is 0 Å². The Morgan fingerprint density at radius 2 is 1.63 bits per heavy atom. The van der Waals surface area contributed by atoms with Crippen LogP contribution < -0.4 is 10.2 Å². The van der Waals surface area contributed by atoms with Gasteiger partial charge in [-0.2, -0.15) is 0 Å². The molecule has 2 aliphatic carbocycles. The van der Waals surface area contributed by atoms with Gasteiger partial charge in [0.15, 0.2) is 0 Å². The summed E-state index contributed by atoms with van der Waals surface area (Å²) in [4.78, 5) is 17.4. The highest BCUT2D eigenvalue weighted by Gasteiger charge is 2.43. The summed E-state index contributed by atoms with van der Waals surface area (Å²) in [6.45, 7) is 5.10. The zero-order chi connectivity index (χ0) is 18.2. The molecule has 1 aromatic carbocycles. The highest BCUT2D eigenvalue weighted by atomic mass is 16.5. The maximum atomic E-state index is 12.9. The molecule has 5 nitrogen and oxygen atoms in total. The van der Waals surface area contributed by atoms with Crippen LogP contribution in [0.5, 0.6) is 0 Å². The Bertz CT molecular complexity index is 657. The average molecular weight is 370 g/mol. The number of fused-ring (bicyclic) bond motifs is 1. The van der Waals surface area contributed by atoms with Crippen molar-refractivity contribution in [2.75, 3.05) is 37.7 Å². The predicted molar refractivity (Wildman–Crippen MR) is 106 cm³/mol. The van der Waals surface area contributed by atoms with Crippen LogP contribution in [-0.2, 0) is 11.3 Å². The number of benzene rings is 1. The molecule has 146 valence electrons. The number of amides is 2. The standard InChI is InChI=1S/C22H31N3O2/c26-22(25-15-19-10-17-9-18(11-19)13-21(25)12-17)23-14-16-1-3-20(4-2-16)24-5-7-27-8-6-24/h1-4,17-19,21H,5-15H2,(H,23,26). The van der Waals surface area contributed by atoms with Gasteiger partial charge in [-0.1, -0.05) is 12.1 Å². The lowest BCUT2D eigenvalue weighted by molar-refractivity contribution is 0.122. The third kappa shape index (κ3) is 3.66. The van der Waals surface area contributed by atoms with Crippen molar-refractivity contribution in [1.82, 2.24) is 10.2 Å². The molecule has 3 heterocycles. The number of carbonyl (C=O) groups is 1. The highest BCUT2D eigenvalue weighted by Crippen LogP contribution is 2.47. The van der Waals surface area contributed by atoms with E-state index in [4.69, 9.17) is 4.74 Å². The van der Waals surface area contributed by atoms with E-state index in [0.29, 0.717) is 12.6 Å². The molecule has 27 heavy (non-hydrogen) atoms. The zero-order valence-corrected chi connectivity index (χ0v) is 16.1. The van der Waals surface area contributed by atoms with E-state index in [-0.39, 0.29) is 6.03 Å². The number of nitrogens with one attached hydrogen (secondary N) is 1. The molecular weight excluding hydrogens is 338 g/mol. The lowest BCUT2D eigenvalue weighted by atomic mass is 9.68. The molecule has 3 saturated heterocycles. The van der Waals surface area contributed by atoms with E-state index < -0.39 is 0 Å². The Hall–Kier alpha value is -1.75. The van der Waals surface area contributed by atoms with Gasteiger partial charge in [0.05, 0.1) is 13.2 Å². The van der Waals surface area contributed by atoms with Gasteiger partial charge in [-0.05, 0) is 67.6 Å². The molecule has 3 aliphatic heterocycles. The van der Waals surface area contributed by atoms with Crippen molar-refractivity contribution in [2.24, 2.45) is 17.8 Å². The molecular formula is C22H31N3O2. The van der Waals surface area contributed by atoms with Crippen molar-refractivity contribution in [3.63, 3.8) is 0 Å². The van der Waals surface area contributed by atoms with E-state index >= 15 is 0 Å². The number of urea groups is 1. The summed E-state index contributed by atoms with van der Waals surface area (Å²) in [5.74, 6) is 2.48. The number of hydrogen-bond donors (Lipinski definition) is 1. The smallest absolute Gasteiger partial charge is 0.317 e. The second-order valence-corrected chi connectivity index (χ2v) is 9.01. The fraction of sp³-hybridized carbons (Fsp3) is 0.682. The molecule has 2 unspecified atom stereocenters. The van der Waals surface area contributed by atoms with E-state index in [1.54, 1.807) is 0 Å². The molecule has 5 fully saturated rings. The minimum Gasteiger partial charge on any atom is -0.378 e. The number of ether oxygens (including phenoxy) is 1. The molecule has 1 N–H and O–H groups in total. The average Bonchev–Trinajstić information content (AvgIpc) is 2.90. The molecule has 0 spiro atoms. The Balaban J connectivity index is 1.18. The SMILES string of the molecule is O=C(NCc1ccc(N2CCOCC2)cc1)N1CC2CC3CC(C2)CC1C3. The van der Waals surface area contributed by atoms with Gasteiger partial charge in [0.25, 0.3) is 0 Å². The number of hydrogen-bond acceptors (Lipinski definition) is 3. The number of anilines is 1. The third-order valence-electron chi connectivity index (χ3n) is 7.12. The van der Waals surface area contributed by atoms with Crippen LogP contribution in [0.4, 0.5) is 10.5 Å². The van der Waals surface area contributed by atoms with Crippen LogP contribution >= 0.6 is 0 Å². The minimum atomic E-state index is 0.144. The molecule has 4 bridgehead atoms. The van der Waals surface area contributed by atoms with Crippen LogP contribution in [0.2, 0.25) is 0 Å². The lowest BCUT2D eigenvalue weighted by Gasteiger charge is -2.38. The molecule has 2 saturated carbocycles. The van der Waals surface area contributed by atoms with Crippen LogP contribution in [0.1, 0.15) is 37.7 Å². The summed E-state index contributed by atoms with van der Waals surface area (Å²) in [7, 11) is 0. The van der Waals surface area contributed by atoms with Crippen LogP contribution in [-0.4, -0.2) is 49.8 Å². The maximum absolute atomic E-state index is 12.9. The minimum absolute atomic E-state index is 0.144. The first-order valence-corrected chi connectivity index (χ1v) is 10.7. The molecule has 5 heteroatoms.